The first kappa shape index (κ1) is 8.81. The van der Waals surface area contributed by atoms with E-state index in [1.54, 1.807) is 13.1 Å². The zero-order valence-electron chi connectivity index (χ0n) is 7.84. The number of benzene rings is 1. The summed E-state index contributed by atoms with van der Waals surface area (Å²) in [5, 5.41) is 4.02. The summed E-state index contributed by atoms with van der Waals surface area (Å²) in [4.78, 5) is 14.6. The average molecular weight is 186 g/mol. The van der Waals surface area contributed by atoms with Gasteiger partial charge in [-0.1, -0.05) is 23.4 Å². The van der Waals surface area contributed by atoms with Crippen LogP contribution in [-0.2, 0) is 0 Å². The molecular formula is C11H10N2O. The molecule has 0 N–H and O–H groups in total. The maximum Gasteiger partial charge on any atom is 0.116 e. The van der Waals surface area contributed by atoms with E-state index in [2.05, 4.69) is 10.2 Å². The normalized spacial score (nSPS) is 12.6. The van der Waals surface area contributed by atoms with Gasteiger partial charge in [-0.05, 0) is 24.6 Å². The van der Waals surface area contributed by atoms with Gasteiger partial charge >= 0.3 is 0 Å². The van der Waals surface area contributed by atoms with E-state index >= 15 is 0 Å². The maximum atomic E-state index is 10.4. The molecule has 0 radical (unpaired) electrons. The molecule has 1 aromatic carbocycles. The van der Waals surface area contributed by atoms with Crippen molar-refractivity contribution in [3.05, 3.63) is 47.0 Å². The van der Waals surface area contributed by atoms with Crippen molar-refractivity contribution in [3.63, 3.8) is 0 Å². The summed E-state index contributed by atoms with van der Waals surface area (Å²) in [5.74, 6) is 0. The molecule has 3 nitrogen and oxygen atoms in total. The van der Waals surface area contributed by atoms with Gasteiger partial charge in [0.1, 0.15) is 6.04 Å². The van der Waals surface area contributed by atoms with Gasteiger partial charge in [-0.25, -0.2) is 0 Å². The molecule has 1 aromatic heterocycles. The van der Waals surface area contributed by atoms with Crippen LogP contribution in [0, 0.1) is 4.91 Å². The Morgan fingerprint density at radius 3 is 2.93 bits per heavy atom. The third kappa shape index (κ3) is 1.48. The minimum absolute atomic E-state index is 0.327. The minimum atomic E-state index is -0.327. The van der Waals surface area contributed by atoms with Crippen LogP contribution >= 0.6 is 0 Å². The number of rotatable bonds is 2. The second-order valence-corrected chi connectivity index (χ2v) is 3.24. The summed E-state index contributed by atoms with van der Waals surface area (Å²) in [7, 11) is 0. The molecule has 2 aromatic rings. The number of fused-ring (bicyclic) bond motifs is 1. The van der Waals surface area contributed by atoms with Crippen molar-refractivity contribution in [3.8, 4) is 0 Å². The summed E-state index contributed by atoms with van der Waals surface area (Å²) in [6.07, 6.45) is 1.70. The molecule has 0 aliphatic heterocycles. The van der Waals surface area contributed by atoms with Crippen molar-refractivity contribution < 1.29 is 0 Å². The average Bonchev–Trinajstić information content (AvgIpc) is 2.27. The lowest BCUT2D eigenvalue weighted by Crippen LogP contribution is -1.90. The summed E-state index contributed by atoms with van der Waals surface area (Å²) < 4.78 is 0. The fraction of sp³-hybridized carbons (Fsp3) is 0.182. The van der Waals surface area contributed by atoms with Crippen LogP contribution in [-0.4, -0.2) is 4.98 Å². The lowest BCUT2D eigenvalue weighted by molar-refractivity contribution is 0.808. The molecule has 3 heteroatoms. The van der Waals surface area contributed by atoms with E-state index in [9.17, 15) is 4.91 Å². The summed E-state index contributed by atoms with van der Waals surface area (Å²) >= 11 is 0. The van der Waals surface area contributed by atoms with Crippen LogP contribution in [0.5, 0.6) is 0 Å². The third-order valence-corrected chi connectivity index (χ3v) is 2.25. The molecule has 1 atom stereocenters. The lowest BCUT2D eigenvalue weighted by atomic mass is 10.1. The maximum absolute atomic E-state index is 10.4. The van der Waals surface area contributed by atoms with E-state index in [0.717, 1.165) is 16.5 Å². The number of nitroso groups, excluding NO2 is 1. The van der Waals surface area contributed by atoms with Crippen LogP contribution in [0.1, 0.15) is 18.5 Å². The fourth-order valence-corrected chi connectivity index (χ4v) is 1.38. The molecular weight excluding hydrogens is 176 g/mol. The Hall–Kier alpha value is -1.77. The molecule has 2 rings (SSSR count). The highest BCUT2D eigenvalue weighted by atomic mass is 16.3. The standard InChI is InChI=1S/C11H10N2O/c1-8(13-14)10-6-9-4-2-3-5-11(9)12-7-10/h2-8H,1H3. The van der Waals surface area contributed by atoms with E-state index < -0.39 is 0 Å². The molecule has 0 amide bonds. The van der Waals surface area contributed by atoms with E-state index in [0.29, 0.717) is 0 Å². The highest BCUT2D eigenvalue weighted by Gasteiger charge is 2.05. The molecule has 70 valence electrons. The number of para-hydroxylation sites is 1. The van der Waals surface area contributed by atoms with Crippen LogP contribution in [0.4, 0.5) is 0 Å². The number of pyridine rings is 1. The molecule has 0 fully saturated rings. The summed E-state index contributed by atoms with van der Waals surface area (Å²) in [6.45, 7) is 1.76. The zero-order valence-corrected chi connectivity index (χ0v) is 7.84. The van der Waals surface area contributed by atoms with Gasteiger partial charge in [-0.2, -0.15) is 4.91 Å². The highest BCUT2D eigenvalue weighted by molar-refractivity contribution is 5.78. The quantitative estimate of drug-likeness (QED) is 0.676. The number of hydrogen-bond donors (Lipinski definition) is 0. The molecule has 0 aliphatic rings. The number of hydrogen-bond acceptors (Lipinski definition) is 3. The predicted molar refractivity (Wildman–Crippen MR) is 56.0 cm³/mol. The largest absolute Gasteiger partial charge is 0.256 e. The van der Waals surface area contributed by atoms with Crippen LogP contribution in [0.25, 0.3) is 10.9 Å². The smallest absolute Gasteiger partial charge is 0.116 e. The molecule has 0 aliphatic carbocycles. The SMILES string of the molecule is CC(N=O)c1cnc2ccccc2c1. The van der Waals surface area contributed by atoms with Crippen molar-refractivity contribution in [2.45, 2.75) is 13.0 Å². The first-order chi connectivity index (χ1) is 6.81. The van der Waals surface area contributed by atoms with Gasteiger partial charge in [0.2, 0.25) is 0 Å². The Bertz CT molecular complexity index is 468. The van der Waals surface area contributed by atoms with Crippen LogP contribution in [0.2, 0.25) is 0 Å². The third-order valence-electron chi connectivity index (χ3n) is 2.25. The van der Waals surface area contributed by atoms with E-state index in [-0.39, 0.29) is 6.04 Å². The summed E-state index contributed by atoms with van der Waals surface area (Å²) in [6, 6.07) is 9.44. The molecule has 0 bridgehead atoms. The Morgan fingerprint density at radius 1 is 1.36 bits per heavy atom. The molecule has 0 saturated heterocycles. The fourth-order valence-electron chi connectivity index (χ4n) is 1.38. The second kappa shape index (κ2) is 3.54. The monoisotopic (exact) mass is 186 g/mol. The number of nitrogens with zero attached hydrogens (tertiary/aromatic N) is 2. The zero-order chi connectivity index (χ0) is 9.97. The van der Waals surface area contributed by atoms with Gasteiger partial charge in [0.15, 0.2) is 0 Å². The van der Waals surface area contributed by atoms with Gasteiger partial charge in [0.05, 0.1) is 5.52 Å². The van der Waals surface area contributed by atoms with Crippen molar-refractivity contribution in [2.24, 2.45) is 5.18 Å². The van der Waals surface area contributed by atoms with E-state index in [1.807, 2.05) is 30.3 Å². The first-order valence-electron chi connectivity index (χ1n) is 4.48. The Balaban J connectivity index is 2.56. The molecule has 14 heavy (non-hydrogen) atoms. The summed E-state index contributed by atoms with van der Waals surface area (Å²) in [5.41, 5.74) is 1.80. The van der Waals surface area contributed by atoms with E-state index in [4.69, 9.17) is 0 Å². The van der Waals surface area contributed by atoms with Gasteiger partial charge < -0.3 is 0 Å². The topological polar surface area (TPSA) is 42.3 Å². The van der Waals surface area contributed by atoms with Crippen LogP contribution < -0.4 is 0 Å². The van der Waals surface area contributed by atoms with Gasteiger partial charge in [-0.3, -0.25) is 4.98 Å². The van der Waals surface area contributed by atoms with Crippen LogP contribution in [0.15, 0.2) is 41.7 Å². The Kier molecular flexibility index (Phi) is 2.23. The van der Waals surface area contributed by atoms with Gasteiger partial charge in [0.25, 0.3) is 0 Å². The molecule has 1 heterocycles. The van der Waals surface area contributed by atoms with Crippen molar-refractivity contribution in [1.29, 1.82) is 0 Å². The van der Waals surface area contributed by atoms with Crippen molar-refractivity contribution in [1.82, 2.24) is 4.98 Å². The van der Waals surface area contributed by atoms with Gasteiger partial charge in [0, 0.05) is 11.6 Å². The predicted octanol–water partition coefficient (Wildman–Crippen LogP) is 3.06. The molecule has 0 saturated carbocycles. The lowest BCUT2D eigenvalue weighted by Gasteiger charge is -2.03. The second-order valence-electron chi connectivity index (χ2n) is 3.24. The van der Waals surface area contributed by atoms with Gasteiger partial charge in [-0.15, -0.1) is 0 Å². The highest BCUT2D eigenvalue weighted by Crippen LogP contribution is 2.19. The molecule has 0 spiro atoms. The van der Waals surface area contributed by atoms with Crippen LogP contribution in [0.3, 0.4) is 0 Å². The van der Waals surface area contributed by atoms with Crippen molar-refractivity contribution in [2.75, 3.05) is 0 Å². The minimum Gasteiger partial charge on any atom is -0.256 e. The first-order valence-corrected chi connectivity index (χ1v) is 4.48. The number of aromatic nitrogens is 1. The van der Waals surface area contributed by atoms with E-state index in [1.165, 1.54) is 0 Å². The van der Waals surface area contributed by atoms with Crippen molar-refractivity contribution >= 4 is 10.9 Å². The Morgan fingerprint density at radius 2 is 2.14 bits per heavy atom. The Labute approximate surface area is 81.8 Å². The molecule has 1 unspecified atom stereocenters.